The summed E-state index contributed by atoms with van der Waals surface area (Å²) in [4.78, 5) is 0. The number of rotatable bonds is 12. The summed E-state index contributed by atoms with van der Waals surface area (Å²) in [6, 6.07) is 6.27. The third-order valence-electron chi connectivity index (χ3n) is 12.5. The lowest BCUT2D eigenvalue weighted by molar-refractivity contribution is -0.339. The second-order valence-corrected chi connectivity index (χ2v) is 17.2. The lowest BCUT2D eigenvalue weighted by atomic mass is 9.99. The van der Waals surface area contributed by atoms with E-state index >= 15 is 0 Å². The lowest BCUT2D eigenvalue weighted by Gasteiger charge is -2.45. The van der Waals surface area contributed by atoms with Gasteiger partial charge in [0.05, 0.1) is 73.2 Å². The summed E-state index contributed by atoms with van der Waals surface area (Å²) in [6.07, 6.45) is -11.9. The summed E-state index contributed by atoms with van der Waals surface area (Å²) in [7, 11) is 0. The Morgan fingerprint density at radius 2 is 0.850 bits per heavy atom. The molecule has 0 amide bonds. The molecule has 1 aromatic carbocycles. The fourth-order valence-electron chi connectivity index (χ4n) is 8.87. The van der Waals surface area contributed by atoms with Gasteiger partial charge in [-0.05, 0) is 78.6 Å². The fraction of sp³-hybridized carbons (Fsp3) is 0.857. The Bertz CT molecular complexity index is 1460. The molecular weight excluding hydrogens is 792 g/mol. The van der Waals surface area contributed by atoms with Gasteiger partial charge < -0.3 is 87.5 Å². The van der Waals surface area contributed by atoms with Crippen LogP contribution >= 0.6 is 0 Å². The number of benzene rings is 1. The van der Waals surface area contributed by atoms with Crippen LogP contribution in [0.3, 0.4) is 0 Å². The monoisotopic (exact) mass is 858 g/mol. The van der Waals surface area contributed by atoms with E-state index in [2.05, 4.69) is 0 Å². The molecule has 60 heavy (non-hydrogen) atoms. The topological polar surface area (TPSA) is 232 Å². The zero-order chi connectivity index (χ0) is 42.8. The van der Waals surface area contributed by atoms with Crippen molar-refractivity contribution in [2.45, 2.75) is 228 Å². The second kappa shape index (κ2) is 20.3. The van der Waals surface area contributed by atoms with E-state index in [1.165, 1.54) is 12.1 Å². The average Bonchev–Trinajstić information content (AvgIpc) is 3.19. The van der Waals surface area contributed by atoms with Crippen LogP contribution in [-0.2, 0) is 52.1 Å². The van der Waals surface area contributed by atoms with Crippen molar-refractivity contribution in [2.75, 3.05) is 0 Å². The number of phenols is 1. The molecule has 6 saturated heterocycles. The van der Waals surface area contributed by atoms with Crippen LogP contribution in [0.15, 0.2) is 24.3 Å². The van der Waals surface area contributed by atoms with Crippen molar-refractivity contribution in [3.63, 3.8) is 0 Å². The second-order valence-electron chi connectivity index (χ2n) is 17.2. The predicted octanol–water partition coefficient (Wildman–Crippen LogP) is 2.09. The van der Waals surface area contributed by atoms with Crippen molar-refractivity contribution in [3.8, 4) is 11.5 Å². The van der Waals surface area contributed by atoms with Crippen LogP contribution in [0.2, 0.25) is 0 Å². The number of hydrogen-bond acceptors (Lipinski definition) is 18. The van der Waals surface area contributed by atoms with E-state index in [0.29, 0.717) is 31.4 Å². The highest BCUT2D eigenvalue weighted by molar-refractivity contribution is 5.30. The molecule has 6 fully saturated rings. The van der Waals surface area contributed by atoms with Crippen molar-refractivity contribution in [2.24, 2.45) is 0 Å². The molecule has 0 radical (unpaired) electrons. The Balaban J connectivity index is 0.869. The van der Waals surface area contributed by atoms with Gasteiger partial charge in [-0.15, -0.1) is 0 Å². The van der Waals surface area contributed by atoms with Gasteiger partial charge >= 0.3 is 0 Å². The molecule has 18 nitrogen and oxygen atoms in total. The maximum Gasteiger partial charge on any atom is 0.202 e. The predicted molar refractivity (Wildman–Crippen MR) is 206 cm³/mol. The Morgan fingerprint density at radius 3 is 1.40 bits per heavy atom. The first-order valence-corrected chi connectivity index (χ1v) is 21.7. The lowest BCUT2D eigenvalue weighted by Crippen LogP contribution is -2.56. The Morgan fingerprint density at radius 1 is 0.417 bits per heavy atom. The molecule has 22 atom stereocenters. The van der Waals surface area contributed by atoms with Crippen molar-refractivity contribution < 1.29 is 87.5 Å². The van der Waals surface area contributed by atoms with Crippen LogP contribution in [0.1, 0.15) is 92.9 Å². The zero-order valence-electron chi connectivity index (χ0n) is 35.3. The average molecular weight is 859 g/mol. The van der Waals surface area contributed by atoms with Crippen LogP contribution in [0.5, 0.6) is 11.5 Å². The molecule has 1 aromatic rings. The van der Waals surface area contributed by atoms with Gasteiger partial charge in [-0.2, -0.15) is 0 Å². The molecule has 6 aliphatic rings. The fourth-order valence-corrected chi connectivity index (χ4v) is 8.87. The first-order valence-electron chi connectivity index (χ1n) is 21.7. The minimum Gasteiger partial charge on any atom is -0.508 e. The van der Waals surface area contributed by atoms with E-state index in [-0.39, 0.29) is 43.6 Å². The molecule has 0 spiro atoms. The molecule has 7 rings (SSSR count). The number of ether oxygens (including phenoxy) is 12. The van der Waals surface area contributed by atoms with Gasteiger partial charge in [0.2, 0.25) is 6.29 Å². The highest BCUT2D eigenvalue weighted by Gasteiger charge is 2.47. The maximum atomic E-state index is 11.1. The molecule has 18 heteroatoms. The van der Waals surface area contributed by atoms with E-state index in [1.807, 2.05) is 6.92 Å². The third-order valence-corrected chi connectivity index (χ3v) is 12.5. The Kier molecular flexibility index (Phi) is 15.7. The van der Waals surface area contributed by atoms with Gasteiger partial charge in [0.1, 0.15) is 35.9 Å². The molecule has 6 aliphatic heterocycles. The zero-order valence-corrected chi connectivity index (χ0v) is 35.3. The number of phenolic OH excluding ortho intramolecular Hbond substituents is 1. The SMILES string of the molecule is C[C@@H]1O[C@@H](O[C@@H]2C[C@H](O[C@@H]3C[C@H](Oc4ccc(O)cc4)O[C@H](C)[C@H]3O)O[C@H](C)[C@H]2O)CC[C@@H]1O[C@H]1C[C@@H](O[C@H]2C[C@@H](O)[C@H](O[C@H]3CC[C@H](O)[C@H](C)O3)[C@@H](C)O2)[C@H](O)[C@@H](C)O1. The molecule has 6 N–H and O–H groups in total. The van der Waals surface area contributed by atoms with E-state index in [0.717, 1.165) is 0 Å². The summed E-state index contributed by atoms with van der Waals surface area (Å²) < 4.78 is 73.4. The summed E-state index contributed by atoms with van der Waals surface area (Å²) in [6.45, 7) is 10.7. The van der Waals surface area contributed by atoms with Gasteiger partial charge in [0, 0.05) is 38.5 Å². The number of aliphatic hydroxyl groups excluding tert-OH is 5. The minimum absolute atomic E-state index is 0.112. The van der Waals surface area contributed by atoms with Crippen molar-refractivity contribution in [1.29, 1.82) is 0 Å². The van der Waals surface area contributed by atoms with Crippen LogP contribution < -0.4 is 4.74 Å². The first kappa shape index (κ1) is 46.2. The van der Waals surface area contributed by atoms with Crippen molar-refractivity contribution in [1.82, 2.24) is 0 Å². The van der Waals surface area contributed by atoms with Gasteiger partial charge in [-0.25, -0.2) is 0 Å². The molecule has 0 aromatic heterocycles. The van der Waals surface area contributed by atoms with E-state index in [1.54, 1.807) is 46.8 Å². The van der Waals surface area contributed by atoms with Gasteiger partial charge in [0.25, 0.3) is 0 Å². The molecule has 6 heterocycles. The van der Waals surface area contributed by atoms with Gasteiger partial charge in [-0.3, -0.25) is 0 Å². The Hall–Kier alpha value is -1.82. The van der Waals surface area contributed by atoms with E-state index in [9.17, 15) is 30.6 Å². The highest BCUT2D eigenvalue weighted by atomic mass is 16.8. The largest absolute Gasteiger partial charge is 0.508 e. The van der Waals surface area contributed by atoms with E-state index < -0.39 is 123 Å². The molecule has 0 aliphatic carbocycles. The first-order chi connectivity index (χ1) is 28.6. The van der Waals surface area contributed by atoms with E-state index in [4.69, 9.17) is 56.8 Å². The Labute approximate surface area is 351 Å². The highest BCUT2D eigenvalue weighted by Crippen LogP contribution is 2.36. The van der Waals surface area contributed by atoms with Crippen LogP contribution in [0.4, 0.5) is 0 Å². The number of aromatic hydroxyl groups is 1. The van der Waals surface area contributed by atoms with Crippen LogP contribution in [0, 0.1) is 0 Å². The third kappa shape index (κ3) is 11.5. The summed E-state index contributed by atoms with van der Waals surface area (Å²) in [5.41, 5.74) is 0. The van der Waals surface area contributed by atoms with Crippen molar-refractivity contribution >= 4 is 0 Å². The molecule has 0 saturated carbocycles. The maximum absolute atomic E-state index is 11.1. The van der Waals surface area contributed by atoms with Crippen LogP contribution in [-0.4, -0.2) is 166 Å². The normalized spacial score (nSPS) is 48.0. The van der Waals surface area contributed by atoms with Crippen LogP contribution in [0.25, 0.3) is 0 Å². The standard InChI is InChI=1S/C42H66O18/c1-19-27(44)11-13-34(49-19)60-42-24(6)54-35(15-28(42)45)58-32-18-37(52-23(5)41(32)48)56-29-12-14-33(50-20(29)2)57-30-17-38(53-22(4)39(30)46)59-31-16-36(51-21(3)40(31)47)55-26-9-7-25(43)8-10-26/h7-10,19-24,27-48H,11-18H2,1-6H3/t19-,20-,21+,22+,23+,24+,27-,28+,29-,30+,31+,32+,33-,34-,35-,36-,37-,38-,39+,40+,41+,42+/m0/s1. The smallest absolute Gasteiger partial charge is 0.202 e. The molecule has 342 valence electrons. The molecule has 0 bridgehead atoms. The van der Waals surface area contributed by atoms with Gasteiger partial charge in [-0.1, -0.05) is 0 Å². The minimum atomic E-state index is -0.962. The summed E-state index contributed by atoms with van der Waals surface area (Å²) in [5, 5.41) is 63.7. The van der Waals surface area contributed by atoms with Gasteiger partial charge in [0.15, 0.2) is 31.5 Å². The summed E-state index contributed by atoms with van der Waals surface area (Å²) >= 11 is 0. The quantitative estimate of drug-likeness (QED) is 0.177. The van der Waals surface area contributed by atoms with Crippen molar-refractivity contribution in [3.05, 3.63) is 24.3 Å². The molecular formula is C42H66O18. The summed E-state index contributed by atoms with van der Waals surface area (Å²) in [5.74, 6) is 0.609. The number of aliphatic hydroxyl groups is 5. The molecule has 0 unspecified atom stereocenters. The number of hydrogen-bond donors (Lipinski definition) is 6.